The summed E-state index contributed by atoms with van der Waals surface area (Å²) in [4.78, 5) is 68.0. The molecule has 3 atom stereocenters. The van der Waals surface area contributed by atoms with Gasteiger partial charge in [0.25, 0.3) is 5.91 Å². The fourth-order valence-electron chi connectivity index (χ4n) is 5.08. The topological polar surface area (TPSA) is 212 Å². The maximum absolute atomic E-state index is 12.7. The Hall–Kier alpha value is -3.58. The monoisotopic (exact) mass is 603 g/mol. The average Bonchev–Trinajstić information content (AvgIpc) is 3.51. The number of carboxylic acids is 1. The Kier molecular flexibility index (Phi) is 9.82. The number of nitrogens with zero attached hydrogens (tertiary/aromatic N) is 3. The first-order chi connectivity index (χ1) is 19.9. The van der Waals surface area contributed by atoms with E-state index in [1.807, 2.05) is 11.5 Å². The van der Waals surface area contributed by atoms with Gasteiger partial charge in [-0.3, -0.25) is 19.5 Å². The lowest BCUT2D eigenvalue weighted by molar-refractivity contribution is -0.138. The number of nitrogens with one attached hydrogen (secondary N) is 4. The van der Waals surface area contributed by atoms with Crippen LogP contribution in [0.3, 0.4) is 0 Å². The quantitative estimate of drug-likeness (QED) is 0.111. The number of carbonyl (C=O) groups is 3. The lowest BCUT2D eigenvalue weighted by Crippen LogP contribution is -2.47. The zero-order valence-electron chi connectivity index (χ0n) is 23.9. The van der Waals surface area contributed by atoms with Gasteiger partial charge in [0, 0.05) is 37.8 Å². The van der Waals surface area contributed by atoms with E-state index in [0.717, 1.165) is 37.1 Å². The normalized spacial score (nSPS) is 16.5. The molecular weight excluding hydrogens is 565 g/mol. The number of amides is 2. The van der Waals surface area contributed by atoms with Crippen LogP contribution >= 0.6 is 7.60 Å². The molecule has 0 saturated carbocycles. The SMILES string of the molecule is CCCCCCNC(=O)C1Cc2[nH]c(C(C)c3nc4ccc(C(=O)NC(CP(=O)(O)O)C(=O)O)cc4n3C)nc2CN1. The number of aryl methyl sites for hydroxylation is 1. The van der Waals surface area contributed by atoms with Gasteiger partial charge in [-0.2, -0.15) is 0 Å². The lowest BCUT2D eigenvalue weighted by atomic mass is 10.0. The molecular formula is C27H38N7O7P. The number of aliphatic carboxylic acids is 1. The first-order valence-corrected chi connectivity index (χ1v) is 15.8. The van der Waals surface area contributed by atoms with Gasteiger partial charge in [0.1, 0.15) is 17.7 Å². The standard InChI is InChI=1S/C27H38N7O7P/c1-4-5-6-7-10-28-26(36)19-12-18-20(13-29-19)31-23(30-18)15(2)24-32-17-9-8-16(11-22(17)34(24)3)25(35)33-21(27(37)38)14-42(39,40)41/h8-9,11,15,19,21,29H,4-7,10,12-14H2,1-3H3,(H,28,36)(H,30,31)(H,33,35)(H,37,38)(H2,39,40,41). The van der Waals surface area contributed by atoms with Crippen molar-refractivity contribution in [2.24, 2.45) is 7.05 Å². The summed E-state index contributed by atoms with van der Waals surface area (Å²) in [6.07, 6.45) is 3.85. The zero-order chi connectivity index (χ0) is 30.6. The van der Waals surface area contributed by atoms with E-state index in [0.29, 0.717) is 42.2 Å². The second kappa shape index (κ2) is 13.2. The third kappa shape index (κ3) is 7.43. The van der Waals surface area contributed by atoms with Crippen molar-refractivity contribution in [1.82, 2.24) is 35.5 Å². The molecule has 1 aliphatic heterocycles. The van der Waals surface area contributed by atoms with Crippen LogP contribution in [0.15, 0.2) is 18.2 Å². The number of aromatic nitrogens is 4. The van der Waals surface area contributed by atoms with Crippen LogP contribution in [0.25, 0.3) is 11.0 Å². The Balaban J connectivity index is 1.46. The van der Waals surface area contributed by atoms with Crippen LogP contribution in [0.4, 0.5) is 0 Å². The van der Waals surface area contributed by atoms with Crippen LogP contribution in [-0.4, -0.2) is 77.0 Å². The van der Waals surface area contributed by atoms with Gasteiger partial charge in [-0.15, -0.1) is 0 Å². The number of carbonyl (C=O) groups excluding carboxylic acids is 2. The van der Waals surface area contributed by atoms with Gasteiger partial charge in [-0.1, -0.05) is 26.2 Å². The van der Waals surface area contributed by atoms with Gasteiger partial charge in [-0.25, -0.2) is 14.8 Å². The van der Waals surface area contributed by atoms with E-state index in [2.05, 4.69) is 27.9 Å². The van der Waals surface area contributed by atoms with Crippen LogP contribution in [0.5, 0.6) is 0 Å². The molecule has 7 N–H and O–H groups in total. The highest BCUT2D eigenvalue weighted by Crippen LogP contribution is 2.35. The summed E-state index contributed by atoms with van der Waals surface area (Å²) in [5, 5.41) is 17.7. The summed E-state index contributed by atoms with van der Waals surface area (Å²) in [5.41, 5.74) is 3.10. The molecule has 1 aliphatic rings. The summed E-state index contributed by atoms with van der Waals surface area (Å²) in [7, 11) is -2.88. The van der Waals surface area contributed by atoms with Crippen molar-refractivity contribution in [2.75, 3.05) is 12.7 Å². The molecule has 14 nitrogen and oxygen atoms in total. The fourth-order valence-corrected chi connectivity index (χ4v) is 5.80. The minimum absolute atomic E-state index is 0.0204. The minimum Gasteiger partial charge on any atom is -0.480 e. The summed E-state index contributed by atoms with van der Waals surface area (Å²) < 4.78 is 13.1. The maximum Gasteiger partial charge on any atom is 0.328 e. The molecule has 0 aliphatic carbocycles. The van der Waals surface area contributed by atoms with E-state index in [4.69, 9.17) is 19.8 Å². The van der Waals surface area contributed by atoms with Crippen molar-refractivity contribution in [3.8, 4) is 0 Å². The number of rotatable bonds is 13. The molecule has 1 aromatic carbocycles. The van der Waals surface area contributed by atoms with Gasteiger partial charge in [0.15, 0.2) is 0 Å². The van der Waals surface area contributed by atoms with Crippen molar-refractivity contribution in [2.45, 2.75) is 70.5 Å². The maximum atomic E-state index is 12.7. The highest BCUT2D eigenvalue weighted by atomic mass is 31.2. The molecule has 3 heterocycles. The highest BCUT2D eigenvalue weighted by Gasteiger charge is 2.30. The van der Waals surface area contributed by atoms with Gasteiger partial charge in [0.2, 0.25) is 5.91 Å². The fraction of sp³-hybridized carbons (Fsp3) is 0.519. The Morgan fingerprint density at radius 2 is 1.95 bits per heavy atom. The Labute approximate surface area is 242 Å². The Morgan fingerprint density at radius 1 is 1.19 bits per heavy atom. The summed E-state index contributed by atoms with van der Waals surface area (Å²) in [6, 6.07) is 2.57. The lowest BCUT2D eigenvalue weighted by Gasteiger charge is -2.22. The van der Waals surface area contributed by atoms with Gasteiger partial charge < -0.3 is 35.1 Å². The number of imidazole rings is 2. The Morgan fingerprint density at radius 3 is 2.64 bits per heavy atom. The Bertz CT molecular complexity index is 1510. The minimum atomic E-state index is -4.67. The molecule has 3 unspecified atom stereocenters. The van der Waals surface area contributed by atoms with Crippen LogP contribution in [0.1, 0.15) is 78.8 Å². The number of carboxylic acid groups (broad SMARTS) is 1. The molecule has 2 amide bonds. The van der Waals surface area contributed by atoms with Gasteiger partial charge >= 0.3 is 13.6 Å². The molecule has 0 fully saturated rings. The number of H-pyrrole nitrogens is 1. The summed E-state index contributed by atoms with van der Waals surface area (Å²) >= 11 is 0. The number of hydrogen-bond donors (Lipinski definition) is 7. The first-order valence-electron chi connectivity index (χ1n) is 14.0. The van der Waals surface area contributed by atoms with Crippen LogP contribution in [0, 0.1) is 0 Å². The van der Waals surface area contributed by atoms with Crippen LogP contribution in [0.2, 0.25) is 0 Å². The van der Waals surface area contributed by atoms with Gasteiger partial charge in [0.05, 0.1) is 34.8 Å². The molecule has 4 rings (SSSR count). The number of hydrogen-bond acceptors (Lipinski definition) is 7. The summed E-state index contributed by atoms with van der Waals surface area (Å²) in [5.74, 6) is -1.23. The molecule has 3 aromatic rings. The number of unbranched alkanes of at least 4 members (excludes halogenated alkanes) is 3. The first kappa shape index (κ1) is 31.4. The molecule has 0 spiro atoms. The second-order valence-corrected chi connectivity index (χ2v) is 12.4. The van der Waals surface area contributed by atoms with E-state index in [1.54, 1.807) is 19.2 Å². The smallest absolute Gasteiger partial charge is 0.328 e. The third-order valence-corrected chi connectivity index (χ3v) is 8.29. The zero-order valence-corrected chi connectivity index (χ0v) is 24.8. The summed E-state index contributed by atoms with van der Waals surface area (Å²) in [6.45, 7) is 5.23. The van der Waals surface area contributed by atoms with Crippen molar-refractivity contribution < 1.29 is 33.8 Å². The van der Waals surface area contributed by atoms with Crippen LogP contribution < -0.4 is 16.0 Å². The van der Waals surface area contributed by atoms with Crippen molar-refractivity contribution in [1.29, 1.82) is 0 Å². The van der Waals surface area contributed by atoms with E-state index in [-0.39, 0.29) is 23.4 Å². The van der Waals surface area contributed by atoms with E-state index in [9.17, 15) is 24.1 Å². The molecule has 2 aromatic heterocycles. The van der Waals surface area contributed by atoms with E-state index >= 15 is 0 Å². The van der Waals surface area contributed by atoms with Crippen molar-refractivity contribution in [3.63, 3.8) is 0 Å². The molecule has 0 radical (unpaired) electrons. The van der Waals surface area contributed by atoms with Crippen molar-refractivity contribution in [3.05, 3.63) is 46.8 Å². The number of benzene rings is 1. The molecule has 0 bridgehead atoms. The van der Waals surface area contributed by atoms with Crippen LogP contribution in [-0.2, 0) is 34.2 Å². The molecule has 228 valence electrons. The van der Waals surface area contributed by atoms with Crippen molar-refractivity contribution >= 4 is 36.4 Å². The average molecular weight is 604 g/mol. The number of aromatic amines is 1. The third-order valence-electron chi connectivity index (χ3n) is 7.45. The molecule has 42 heavy (non-hydrogen) atoms. The predicted octanol–water partition coefficient (Wildman–Crippen LogP) is 1.52. The predicted molar refractivity (Wildman–Crippen MR) is 154 cm³/mol. The highest BCUT2D eigenvalue weighted by molar-refractivity contribution is 7.51. The second-order valence-electron chi connectivity index (χ2n) is 10.7. The van der Waals surface area contributed by atoms with E-state index < -0.39 is 31.7 Å². The molecule has 0 saturated heterocycles. The van der Waals surface area contributed by atoms with E-state index in [1.165, 1.54) is 6.07 Å². The molecule has 15 heteroatoms. The van der Waals surface area contributed by atoms with Gasteiger partial charge in [-0.05, 0) is 31.5 Å². The number of fused-ring (bicyclic) bond motifs is 2. The largest absolute Gasteiger partial charge is 0.480 e.